The number of piperazine rings is 1. The Kier molecular flexibility index (Phi) is 4.78. The summed E-state index contributed by atoms with van der Waals surface area (Å²) in [5, 5.41) is 0. The molecule has 0 bridgehead atoms. The topological polar surface area (TPSA) is 48.6 Å². The number of nitrogens with one attached hydrogen (secondary N) is 1. The van der Waals surface area contributed by atoms with Crippen molar-refractivity contribution in [1.82, 2.24) is 14.8 Å². The van der Waals surface area contributed by atoms with Crippen LogP contribution in [-0.4, -0.2) is 59.1 Å². The van der Waals surface area contributed by atoms with Gasteiger partial charge in [-0.3, -0.25) is 9.80 Å². The minimum atomic E-state index is -0.243. The molecule has 3 heterocycles. The first-order chi connectivity index (χ1) is 11.0. The maximum absolute atomic E-state index is 12.1. The Bertz CT molecular complexity index is 581. The van der Waals surface area contributed by atoms with Crippen LogP contribution in [0.5, 0.6) is 0 Å². The average molecular weight is 319 g/mol. The number of fused-ring (bicyclic) bond motifs is 1. The molecule has 2 saturated heterocycles. The zero-order chi connectivity index (χ0) is 16.6. The highest BCUT2D eigenvalue weighted by Gasteiger charge is 2.34. The number of hydrogen-bond donors (Lipinski definition) is 1. The lowest BCUT2D eigenvalue weighted by atomic mass is 10.0. The van der Waals surface area contributed by atoms with Crippen LogP contribution in [0, 0.1) is 13.8 Å². The number of H-pyrrole nitrogens is 1. The summed E-state index contributed by atoms with van der Waals surface area (Å²) in [5.41, 5.74) is 4.01. The third kappa shape index (κ3) is 3.17. The Morgan fingerprint density at radius 2 is 2.13 bits per heavy atom. The predicted molar refractivity (Wildman–Crippen MR) is 90.7 cm³/mol. The minimum Gasteiger partial charge on any atom is -0.461 e. The van der Waals surface area contributed by atoms with Crippen molar-refractivity contribution in [3.8, 4) is 0 Å². The van der Waals surface area contributed by atoms with Crippen LogP contribution in [-0.2, 0) is 11.3 Å². The lowest BCUT2D eigenvalue weighted by Crippen LogP contribution is -2.54. The third-order valence-electron chi connectivity index (χ3n) is 5.50. The van der Waals surface area contributed by atoms with Crippen molar-refractivity contribution in [2.45, 2.75) is 59.2 Å². The Balaban J connectivity index is 1.76. The van der Waals surface area contributed by atoms with Gasteiger partial charge in [-0.25, -0.2) is 4.79 Å². The van der Waals surface area contributed by atoms with E-state index in [-0.39, 0.29) is 5.97 Å². The first kappa shape index (κ1) is 16.5. The predicted octanol–water partition coefficient (Wildman–Crippen LogP) is 2.48. The monoisotopic (exact) mass is 319 g/mol. The van der Waals surface area contributed by atoms with E-state index in [0.717, 1.165) is 36.9 Å². The summed E-state index contributed by atoms with van der Waals surface area (Å²) < 4.78 is 5.15. The van der Waals surface area contributed by atoms with E-state index in [0.29, 0.717) is 18.3 Å². The highest BCUT2D eigenvalue weighted by Crippen LogP contribution is 2.28. The van der Waals surface area contributed by atoms with Gasteiger partial charge in [-0.2, -0.15) is 0 Å². The average Bonchev–Trinajstić information content (AvgIpc) is 3.06. The molecule has 0 aliphatic carbocycles. The van der Waals surface area contributed by atoms with Crippen molar-refractivity contribution >= 4 is 5.97 Å². The Morgan fingerprint density at radius 3 is 2.87 bits per heavy atom. The zero-order valence-electron chi connectivity index (χ0n) is 14.8. The highest BCUT2D eigenvalue weighted by molar-refractivity contribution is 5.89. The first-order valence-corrected chi connectivity index (χ1v) is 8.84. The van der Waals surface area contributed by atoms with Gasteiger partial charge in [0.1, 0.15) is 5.69 Å². The van der Waals surface area contributed by atoms with Crippen molar-refractivity contribution in [2.75, 3.05) is 26.2 Å². The number of rotatable bonds is 4. The van der Waals surface area contributed by atoms with Crippen LogP contribution < -0.4 is 0 Å². The number of aromatic nitrogens is 1. The fourth-order valence-corrected chi connectivity index (χ4v) is 4.10. The molecule has 0 spiro atoms. The fraction of sp³-hybridized carbons (Fsp3) is 0.722. The smallest absolute Gasteiger partial charge is 0.355 e. The van der Waals surface area contributed by atoms with Gasteiger partial charge in [0.05, 0.1) is 6.61 Å². The van der Waals surface area contributed by atoms with Crippen LogP contribution in [0.3, 0.4) is 0 Å². The number of esters is 1. The van der Waals surface area contributed by atoms with Gasteiger partial charge in [-0.1, -0.05) is 0 Å². The number of carbonyl (C=O) groups is 1. The van der Waals surface area contributed by atoms with E-state index in [1.165, 1.54) is 24.9 Å². The van der Waals surface area contributed by atoms with Crippen LogP contribution in [0.2, 0.25) is 0 Å². The molecule has 1 N–H and O–H groups in total. The number of ether oxygens (including phenoxy) is 1. The van der Waals surface area contributed by atoms with Crippen LogP contribution >= 0.6 is 0 Å². The molecule has 5 heteroatoms. The van der Waals surface area contributed by atoms with Crippen molar-refractivity contribution in [3.63, 3.8) is 0 Å². The number of hydrogen-bond acceptors (Lipinski definition) is 4. The molecule has 0 aromatic carbocycles. The van der Waals surface area contributed by atoms with Gasteiger partial charge in [0.2, 0.25) is 0 Å². The molecule has 0 saturated carbocycles. The normalized spacial score (nSPS) is 25.6. The summed E-state index contributed by atoms with van der Waals surface area (Å²) in [6, 6.07) is 1.28. The van der Waals surface area contributed by atoms with Gasteiger partial charge in [-0.05, 0) is 58.2 Å². The van der Waals surface area contributed by atoms with Gasteiger partial charge in [0, 0.05) is 37.4 Å². The van der Waals surface area contributed by atoms with Crippen molar-refractivity contribution < 1.29 is 9.53 Å². The van der Waals surface area contributed by atoms with E-state index in [9.17, 15) is 4.79 Å². The SMILES string of the molecule is CCOC(=O)c1[nH]c(C)c(CN2C[C@H]3CCCN3C[C@H]2C)c1C. The molecular weight excluding hydrogens is 290 g/mol. The third-order valence-corrected chi connectivity index (χ3v) is 5.50. The van der Waals surface area contributed by atoms with Gasteiger partial charge < -0.3 is 9.72 Å². The largest absolute Gasteiger partial charge is 0.461 e. The summed E-state index contributed by atoms with van der Waals surface area (Å²) in [6.07, 6.45) is 2.66. The molecule has 5 nitrogen and oxygen atoms in total. The molecule has 2 aliphatic rings. The number of aryl methyl sites for hydroxylation is 1. The molecule has 1 aromatic rings. The molecule has 128 valence electrons. The molecule has 2 atom stereocenters. The summed E-state index contributed by atoms with van der Waals surface area (Å²) >= 11 is 0. The molecule has 2 fully saturated rings. The van der Waals surface area contributed by atoms with E-state index < -0.39 is 0 Å². The highest BCUT2D eigenvalue weighted by atomic mass is 16.5. The van der Waals surface area contributed by atoms with Crippen LogP contribution in [0.4, 0.5) is 0 Å². The first-order valence-electron chi connectivity index (χ1n) is 8.84. The molecule has 0 unspecified atom stereocenters. The van der Waals surface area contributed by atoms with E-state index >= 15 is 0 Å². The van der Waals surface area contributed by atoms with E-state index in [4.69, 9.17) is 4.74 Å². The maximum atomic E-state index is 12.1. The Hall–Kier alpha value is -1.33. The van der Waals surface area contributed by atoms with Gasteiger partial charge in [0.25, 0.3) is 0 Å². The quantitative estimate of drug-likeness (QED) is 0.866. The second kappa shape index (κ2) is 6.65. The van der Waals surface area contributed by atoms with Crippen molar-refractivity contribution in [3.05, 3.63) is 22.5 Å². The fourth-order valence-electron chi connectivity index (χ4n) is 4.10. The summed E-state index contributed by atoms with van der Waals surface area (Å²) in [7, 11) is 0. The van der Waals surface area contributed by atoms with Crippen molar-refractivity contribution in [1.29, 1.82) is 0 Å². The summed E-state index contributed by atoms with van der Waals surface area (Å²) in [4.78, 5) is 20.5. The number of aromatic amines is 1. The lowest BCUT2D eigenvalue weighted by Gasteiger charge is -2.42. The second-order valence-electron chi connectivity index (χ2n) is 7.02. The van der Waals surface area contributed by atoms with E-state index in [2.05, 4.69) is 28.6 Å². The molecule has 2 aliphatic heterocycles. The zero-order valence-corrected chi connectivity index (χ0v) is 14.8. The Morgan fingerprint density at radius 1 is 1.35 bits per heavy atom. The maximum Gasteiger partial charge on any atom is 0.355 e. The van der Waals surface area contributed by atoms with Gasteiger partial charge in [0.15, 0.2) is 0 Å². The molecule has 1 aromatic heterocycles. The van der Waals surface area contributed by atoms with E-state index in [1.54, 1.807) is 0 Å². The van der Waals surface area contributed by atoms with Crippen LogP contribution in [0.15, 0.2) is 0 Å². The van der Waals surface area contributed by atoms with Gasteiger partial charge >= 0.3 is 5.97 Å². The molecule has 23 heavy (non-hydrogen) atoms. The molecule has 3 rings (SSSR count). The minimum absolute atomic E-state index is 0.243. The number of nitrogens with zero attached hydrogens (tertiary/aromatic N) is 2. The standard InChI is InChI=1S/C18H29N3O2/c1-5-23-18(22)17-13(3)16(14(4)19-17)11-21-10-15-7-6-8-20(15)9-12(21)2/h12,15,19H,5-11H2,1-4H3/t12-,15-/m1/s1. The second-order valence-corrected chi connectivity index (χ2v) is 7.02. The lowest BCUT2D eigenvalue weighted by molar-refractivity contribution is 0.0516. The van der Waals surface area contributed by atoms with E-state index in [1.807, 2.05) is 13.8 Å². The summed E-state index contributed by atoms with van der Waals surface area (Å²) in [6.45, 7) is 13.1. The molecule has 0 radical (unpaired) electrons. The molecule has 0 amide bonds. The van der Waals surface area contributed by atoms with Gasteiger partial charge in [-0.15, -0.1) is 0 Å². The van der Waals surface area contributed by atoms with Crippen LogP contribution in [0.25, 0.3) is 0 Å². The van der Waals surface area contributed by atoms with Crippen molar-refractivity contribution in [2.24, 2.45) is 0 Å². The molecular formula is C18H29N3O2. The Labute approximate surface area is 139 Å². The van der Waals surface area contributed by atoms with Crippen LogP contribution in [0.1, 0.15) is 54.0 Å². The number of carbonyl (C=O) groups excluding carboxylic acids is 1. The summed E-state index contributed by atoms with van der Waals surface area (Å²) in [5.74, 6) is -0.243.